The third-order valence-corrected chi connectivity index (χ3v) is 2.89. The maximum absolute atomic E-state index is 13.6. The van der Waals surface area contributed by atoms with Crippen molar-refractivity contribution >= 4 is 11.0 Å². The van der Waals surface area contributed by atoms with Crippen molar-refractivity contribution in [3.05, 3.63) is 48.0 Å². The number of hydrogen-bond donors (Lipinski definition) is 1. The van der Waals surface area contributed by atoms with Crippen molar-refractivity contribution in [2.45, 2.75) is 0 Å². The van der Waals surface area contributed by atoms with Gasteiger partial charge >= 0.3 is 0 Å². The summed E-state index contributed by atoms with van der Waals surface area (Å²) in [6.07, 6.45) is 0. The van der Waals surface area contributed by atoms with Crippen molar-refractivity contribution in [2.24, 2.45) is 0 Å². The summed E-state index contributed by atoms with van der Waals surface area (Å²) in [6.45, 7) is 0. The lowest BCUT2D eigenvalue weighted by Gasteiger charge is -2.03. The van der Waals surface area contributed by atoms with Gasteiger partial charge in [-0.1, -0.05) is 6.07 Å². The molecule has 0 radical (unpaired) electrons. The van der Waals surface area contributed by atoms with Crippen LogP contribution in [0.5, 0.6) is 5.75 Å². The topological polar surface area (TPSA) is 37.9 Å². The number of halogens is 2. The monoisotopic (exact) mass is 260 g/mol. The summed E-state index contributed by atoms with van der Waals surface area (Å²) < 4.78 is 31.8. The highest BCUT2D eigenvalue weighted by Crippen LogP contribution is 2.26. The van der Waals surface area contributed by atoms with Crippen LogP contribution in [0.4, 0.5) is 8.78 Å². The number of nitrogens with zero attached hydrogens (tertiary/aromatic N) is 1. The van der Waals surface area contributed by atoms with Crippen LogP contribution in [0.25, 0.3) is 22.4 Å². The Labute approximate surface area is 107 Å². The summed E-state index contributed by atoms with van der Waals surface area (Å²) in [6, 6.07) is 9.05. The minimum absolute atomic E-state index is 0.124. The van der Waals surface area contributed by atoms with E-state index < -0.39 is 11.6 Å². The van der Waals surface area contributed by atoms with Gasteiger partial charge in [-0.3, -0.25) is 0 Å². The number of benzene rings is 2. The predicted molar refractivity (Wildman–Crippen MR) is 68.0 cm³/mol. The number of rotatable bonds is 2. The second-order valence-corrected chi connectivity index (χ2v) is 4.07. The van der Waals surface area contributed by atoms with Gasteiger partial charge in [-0.05, 0) is 30.3 Å². The van der Waals surface area contributed by atoms with Crippen LogP contribution in [0.1, 0.15) is 0 Å². The molecule has 0 amide bonds. The number of methoxy groups -OCH3 is 1. The van der Waals surface area contributed by atoms with Crippen molar-refractivity contribution in [3.8, 4) is 17.1 Å². The summed E-state index contributed by atoms with van der Waals surface area (Å²) >= 11 is 0. The molecule has 3 aromatic rings. The number of para-hydroxylation sites is 1. The Bertz CT molecular complexity index is 752. The Balaban J connectivity index is 2.16. The molecule has 0 atom stereocenters. The average molecular weight is 260 g/mol. The van der Waals surface area contributed by atoms with Gasteiger partial charge in [0.15, 0.2) is 17.4 Å². The highest BCUT2D eigenvalue weighted by molar-refractivity contribution is 5.80. The molecule has 3 nitrogen and oxygen atoms in total. The molecule has 0 aliphatic heterocycles. The zero-order valence-corrected chi connectivity index (χ0v) is 10.1. The zero-order chi connectivity index (χ0) is 13.4. The standard InChI is InChI=1S/C14H10F2N2O/c1-19-12-7-8(5-6-9(12)15)14-17-11-4-2-3-10(16)13(11)18-14/h2-7H,1H3,(H,17,18). The van der Waals surface area contributed by atoms with E-state index in [1.165, 1.54) is 25.3 Å². The summed E-state index contributed by atoms with van der Waals surface area (Å²) in [5.41, 5.74) is 1.49. The summed E-state index contributed by atoms with van der Waals surface area (Å²) in [4.78, 5) is 7.17. The van der Waals surface area contributed by atoms with E-state index in [9.17, 15) is 8.78 Å². The van der Waals surface area contributed by atoms with E-state index in [1.54, 1.807) is 18.2 Å². The second-order valence-electron chi connectivity index (χ2n) is 4.07. The van der Waals surface area contributed by atoms with Gasteiger partial charge in [-0.2, -0.15) is 0 Å². The van der Waals surface area contributed by atoms with Gasteiger partial charge in [-0.15, -0.1) is 0 Å². The fourth-order valence-electron chi connectivity index (χ4n) is 1.94. The van der Waals surface area contributed by atoms with E-state index in [4.69, 9.17) is 4.74 Å². The second kappa shape index (κ2) is 4.35. The smallest absolute Gasteiger partial charge is 0.165 e. The first-order valence-electron chi connectivity index (χ1n) is 5.67. The number of H-pyrrole nitrogens is 1. The van der Waals surface area contributed by atoms with Gasteiger partial charge in [-0.25, -0.2) is 13.8 Å². The van der Waals surface area contributed by atoms with Crippen LogP contribution < -0.4 is 4.74 Å². The van der Waals surface area contributed by atoms with Gasteiger partial charge in [0.1, 0.15) is 11.3 Å². The van der Waals surface area contributed by atoms with Crippen LogP contribution >= 0.6 is 0 Å². The van der Waals surface area contributed by atoms with E-state index in [1.807, 2.05) is 0 Å². The van der Waals surface area contributed by atoms with Gasteiger partial charge < -0.3 is 9.72 Å². The number of ether oxygens (including phenoxy) is 1. The van der Waals surface area contributed by atoms with Gasteiger partial charge in [0.05, 0.1) is 12.6 Å². The summed E-state index contributed by atoms with van der Waals surface area (Å²) in [5.74, 6) is -0.251. The molecule has 0 bridgehead atoms. The van der Waals surface area contributed by atoms with Crippen LogP contribution in [-0.4, -0.2) is 17.1 Å². The SMILES string of the molecule is COc1cc(-c2nc3c(F)cccc3[nH]2)ccc1F. The van der Waals surface area contributed by atoms with E-state index in [2.05, 4.69) is 9.97 Å². The lowest BCUT2D eigenvalue weighted by atomic mass is 10.2. The number of fused-ring (bicyclic) bond motifs is 1. The molecular formula is C14H10F2N2O. The first-order chi connectivity index (χ1) is 9.19. The first-order valence-corrected chi connectivity index (χ1v) is 5.67. The molecule has 19 heavy (non-hydrogen) atoms. The third kappa shape index (κ3) is 1.93. The molecule has 0 unspecified atom stereocenters. The number of hydrogen-bond acceptors (Lipinski definition) is 2. The van der Waals surface area contributed by atoms with Crippen LogP contribution in [0.3, 0.4) is 0 Å². The van der Waals surface area contributed by atoms with Crippen molar-refractivity contribution in [3.63, 3.8) is 0 Å². The first kappa shape index (κ1) is 11.6. The van der Waals surface area contributed by atoms with Crippen LogP contribution in [-0.2, 0) is 0 Å². The third-order valence-electron chi connectivity index (χ3n) is 2.89. The molecule has 0 aliphatic rings. The highest BCUT2D eigenvalue weighted by Gasteiger charge is 2.11. The molecule has 0 fully saturated rings. The Morgan fingerprint density at radius 1 is 1.11 bits per heavy atom. The van der Waals surface area contributed by atoms with Crippen LogP contribution in [0, 0.1) is 11.6 Å². The predicted octanol–water partition coefficient (Wildman–Crippen LogP) is 3.52. The molecule has 0 aliphatic carbocycles. The Morgan fingerprint density at radius 2 is 1.95 bits per heavy atom. The molecule has 96 valence electrons. The molecule has 2 aromatic carbocycles. The largest absolute Gasteiger partial charge is 0.494 e. The maximum Gasteiger partial charge on any atom is 0.165 e. The quantitative estimate of drug-likeness (QED) is 0.765. The summed E-state index contributed by atoms with van der Waals surface area (Å²) in [5, 5.41) is 0. The van der Waals surface area contributed by atoms with E-state index in [0.29, 0.717) is 16.9 Å². The van der Waals surface area contributed by atoms with E-state index in [0.717, 1.165) is 0 Å². The lowest BCUT2D eigenvalue weighted by Crippen LogP contribution is -1.89. The molecule has 3 rings (SSSR count). The normalized spacial score (nSPS) is 10.9. The number of aromatic nitrogens is 2. The minimum atomic E-state index is -0.450. The van der Waals surface area contributed by atoms with Crippen molar-refractivity contribution in [1.82, 2.24) is 9.97 Å². The zero-order valence-electron chi connectivity index (χ0n) is 10.1. The molecule has 1 aromatic heterocycles. The number of imidazole rings is 1. The fraction of sp³-hybridized carbons (Fsp3) is 0.0714. The van der Waals surface area contributed by atoms with E-state index in [-0.39, 0.29) is 11.3 Å². The fourth-order valence-corrected chi connectivity index (χ4v) is 1.94. The Morgan fingerprint density at radius 3 is 2.68 bits per heavy atom. The maximum atomic E-state index is 13.6. The van der Waals surface area contributed by atoms with Crippen molar-refractivity contribution in [2.75, 3.05) is 7.11 Å². The van der Waals surface area contributed by atoms with Crippen LogP contribution in [0.15, 0.2) is 36.4 Å². The molecule has 1 N–H and O–H groups in total. The Hall–Kier alpha value is -2.43. The van der Waals surface area contributed by atoms with Crippen molar-refractivity contribution < 1.29 is 13.5 Å². The molecule has 0 saturated carbocycles. The summed E-state index contributed by atoms with van der Waals surface area (Å²) in [7, 11) is 1.39. The molecule has 1 heterocycles. The van der Waals surface area contributed by atoms with Gasteiger partial charge in [0.25, 0.3) is 0 Å². The molecule has 5 heteroatoms. The molecule has 0 saturated heterocycles. The average Bonchev–Trinajstić information content (AvgIpc) is 2.85. The molecular weight excluding hydrogens is 250 g/mol. The molecule has 0 spiro atoms. The number of nitrogens with one attached hydrogen (secondary N) is 1. The van der Waals surface area contributed by atoms with Gasteiger partial charge in [0.2, 0.25) is 0 Å². The van der Waals surface area contributed by atoms with E-state index >= 15 is 0 Å². The Kier molecular flexibility index (Phi) is 2.67. The van der Waals surface area contributed by atoms with Crippen molar-refractivity contribution in [1.29, 1.82) is 0 Å². The van der Waals surface area contributed by atoms with Gasteiger partial charge in [0, 0.05) is 5.56 Å². The number of aromatic amines is 1. The van der Waals surface area contributed by atoms with Crippen LogP contribution in [0.2, 0.25) is 0 Å². The highest BCUT2D eigenvalue weighted by atomic mass is 19.1. The lowest BCUT2D eigenvalue weighted by molar-refractivity contribution is 0.387. The minimum Gasteiger partial charge on any atom is -0.494 e.